The van der Waals surface area contributed by atoms with Crippen LogP contribution in [0.15, 0.2) is 23.2 Å². The van der Waals surface area contributed by atoms with Gasteiger partial charge in [-0.3, -0.25) is 9.67 Å². The molecule has 8 heteroatoms. The zero-order valence-corrected chi connectivity index (χ0v) is 21.5. The van der Waals surface area contributed by atoms with Gasteiger partial charge < -0.3 is 20.1 Å². The highest BCUT2D eigenvalue weighted by Crippen LogP contribution is 2.24. The summed E-state index contributed by atoms with van der Waals surface area (Å²) >= 11 is 0. The minimum atomic E-state index is 0. The molecule has 1 aromatic carbocycles. The number of halogens is 1. The second-order valence-corrected chi connectivity index (χ2v) is 7.21. The maximum Gasteiger partial charge on any atom is 0.191 e. The fraction of sp³-hybridized carbons (Fsp3) is 0.545. The molecule has 0 spiro atoms. The fourth-order valence-electron chi connectivity index (χ4n) is 3.39. The topological polar surface area (TPSA) is 72.7 Å². The first-order chi connectivity index (χ1) is 13.9. The molecule has 1 atom stereocenters. The predicted octanol–water partition coefficient (Wildman–Crippen LogP) is 3.40. The summed E-state index contributed by atoms with van der Waals surface area (Å²) in [6.45, 7) is 9.88. The van der Waals surface area contributed by atoms with E-state index >= 15 is 0 Å². The summed E-state index contributed by atoms with van der Waals surface area (Å²) in [6, 6.07) is 6.08. The van der Waals surface area contributed by atoms with Crippen molar-refractivity contribution in [2.24, 2.45) is 12.0 Å². The highest BCUT2D eigenvalue weighted by Gasteiger charge is 2.14. The molecule has 2 N–H and O–H groups in total. The Morgan fingerprint density at radius 3 is 2.53 bits per heavy atom. The van der Waals surface area contributed by atoms with Crippen molar-refractivity contribution in [2.45, 2.75) is 46.6 Å². The standard InChI is InChI=1S/C22H35N5O2.HI/c1-8-23-22(25-15(2)13-20-16(3)26-27(5)17(20)4)24-12-11-18-14-19(28-6)9-10-21(18)29-7;/h9-10,14-15H,8,11-13H2,1-7H3,(H2,23,24,25);1H. The van der Waals surface area contributed by atoms with Gasteiger partial charge in [-0.25, -0.2) is 0 Å². The van der Waals surface area contributed by atoms with Gasteiger partial charge in [0.05, 0.1) is 19.9 Å². The summed E-state index contributed by atoms with van der Waals surface area (Å²) in [7, 11) is 5.34. The Labute approximate surface area is 197 Å². The normalized spacial score (nSPS) is 12.2. The van der Waals surface area contributed by atoms with Crippen molar-refractivity contribution in [3.63, 3.8) is 0 Å². The van der Waals surface area contributed by atoms with Crippen molar-refractivity contribution in [3.8, 4) is 11.5 Å². The number of hydrogen-bond acceptors (Lipinski definition) is 4. The number of benzene rings is 1. The molecule has 0 aliphatic carbocycles. The van der Waals surface area contributed by atoms with Crippen LogP contribution in [0, 0.1) is 13.8 Å². The van der Waals surface area contributed by atoms with Crippen LogP contribution >= 0.6 is 24.0 Å². The van der Waals surface area contributed by atoms with E-state index < -0.39 is 0 Å². The van der Waals surface area contributed by atoms with E-state index in [-0.39, 0.29) is 30.0 Å². The Kier molecular flexibility index (Phi) is 11.0. The van der Waals surface area contributed by atoms with E-state index in [1.807, 2.05) is 29.9 Å². The second kappa shape index (κ2) is 12.7. The summed E-state index contributed by atoms with van der Waals surface area (Å²) in [5.74, 6) is 2.50. The van der Waals surface area contributed by atoms with Gasteiger partial charge >= 0.3 is 0 Å². The molecule has 168 valence electrons. The number of aromatic nitrogens is 2. The van der Waals surface area contributed by atoms with Gasteiger partial charge in [-0.15, -0.1) is 24.0 Å². The largest absolute Gasteiger partial charge is 0.497 e. The monoisotopic (exact) mass is 529 g/mol. The molecular formula is C22H36IN5O2. The van der Waals surface area contributed by atoms with Gasteiger partial charge in [-0.1, -0.05) is 0 Å². The molecule has 1 aromatic heterocycles. The molecule has 0 aliphatic heterocycles. The Bertz CT molecular complexity index is 835. The van der Waals surface area contributed by atoms with E-state index in [1.165, 1.54) is 11.3 Å². The van der Waals surface area contributed by atoms with Crippen molar-refractivity contribution < 1.29 is 9.47 Å². The molecule has 0 saturated heterocycles. The van der Waals surface area contributed by atoms with E-state index in [9.17, 15) is 0 Å². The van der Waals surface area contributed by atoms with Crippen LogP contribution in [0.3, 0.4) is 0 Å². The minimum Gasteiger partial charge on any atom is -0.497 e. The second-order valence-electron chi connectivity index (χ2n) is 7.21. The highest BCUT2D eigenvalue weighted by atomic mass is 127. The number of nitrogens with zero attached hydrogens (tertiary/aromatic N) is 3. The van der Waals surface area contributed by atoms with Gasteiger partial charge in [0.2, 0.25) is 0 Å². The van der Waals surface area contributed by atoms with Crippen LogP contribution in [0.2, 0.25) is 0 Å². The summed E-state index contributed by atoms with van der Waals surface area (Å²) in [4.78, 5) is 4.75. The Hall–Kier alpha value is -1.97. The van der Waals surface area contributed by atoms with E-state index in [4.69, 9.17) is 14.5 Å². The van der Waals surface area contributed by atoms with E-state index in [1.54, 1.807) is 14.2 Å². The third kappa shape index (κ3) is 7.07. The molecule has 2 aromatic rings. The number of ether oxygens (including phenoxy) is 2. The van der Waals surface area contributed by atoms with Gasteiger partial charge in [0.1, 0.15) is 11.5 Å². The van der Waals surface area contributed by atoms with Crippen molar-refractivity contribution in [1.82, 2.24) is 20.4 Å². The van der Waals surface area contributed by atoms with Crippen molar-refractivity contribution in [3.05, 3.63) is 40.7 Å². The molecule has 30 heavy (non-hydrogen) atoms. The summed E-state index contributed by atoms with van der Waals surface area (Å²) in [5, 5.41) is 11.4. The molecule has 0 amide bonds. The third-order valence-electron chi connectivity index (χ3n) is 5.04. The van der Waals surface area contributed by atoms with Gasteiger partial charge in [0.15, 0.2) is 5.96 Å². The predicted molar refractivity (Wildman–Crippen MR) is 134 cm³/mol. The van der Waals surface area contributed by atoms with Gasteiger partial charge in [-0.2, -0.15) is 5.10 Å². The van der Waals surface area contributed by atoms with Crippen molar-refractivity contribution >= 4 is 29.9 Å². The molecule has 0 bridgehead atoms. The summed E-state index contributed by atoms with van der Waals surface area (Å²) in [6.07, 6.45) is 1.67. The fourth-order valence-corrected chi connectivity index (χ4v) is 3.39. The number of nitrogens with one attached hydrogen (secondary N) is 2. The number of aryl methyl sites for hydroxylation is 2. The van der Waals surface area contributed by atoms with Gasteiger partial charge in [0, 0.05) is 31.9 Å². The quantitative estimate of drug-likeness (QED) is 0.296. The molecule has 0 fully saturated rings. The first-order valence-electron chi connectivity index (χ1n) is 10.1. The maximum atomic E-state index is 5.46. The van der Waals surface area contributed by atoms with Crippen LogP contribution < -0.4 is 20.1 Å². The van der Waals surface area contributed by atoms with Crippen LogP contribution in [0.1, 0.15) is 36.4 Å². The van der Waals surface area contributed by atoms with E-state index in [2.05, 4.69) is 43.4 Å². The molecule has 0 saturated carbocycles. The number of hydrogen-bond donors (Lipinski definition) is 2. The van der Waals surface area contributed by atoms with Crippen LogP contribution in [-0.4, -0.2) is 49.1 Å². The molecule has 7 nitrogen and oxygen atoms in total. The summed E-state index contributed by atoms with van der Waals surface area (Å²) < 4.78 is 12.7. The number of methoxy groups -OCH3 is 2. The molecule has 1 heterocycles. The first-order valence-corrected chi connectivity index (χ1v) is 10.1. The molecule has 2 rings (SSSR count). The average molecular weight is 529 g/mol. The Morgan fingerprint density at radius 2 is 1.97 bits per heavy atom. The molecule has 1 unspecified atom stereocenters. The highest BCUT2D eigenvalue weighted by molar-refractivity contribution is 14.0. The lowest BCUT2D eigenvalue weighted by atomic mass is 10.1. The molecule has 0 radical (unpaired) electrons. The van der Waals surface area contributed by atoms with Crippen LogP contribution in [0.25, 0.3) is 0 Å². The Morgan fingerprint density at radius 1 is 1.23 bits per heavy atom. The maximum absolute atomic E-state index is 5.46. The van der Waals surface area contributed by atoms with Crippen LogP contribution in [-0.2, 0) is 19.9 Å². The van der Waals surface area contributed by atoms with E-state index in [0.717, 1.165) is 48.1 Å². The van der Waals surface area contributed by atoms with E-state index in [0.29, 0.717) is 6.54 Å². The van der Waals surface area contributed by atoms with Crippen LogP contribution in [0.4, 0.5) is 0 Å². The van der Waals surface area contributed by atoms with Crippen molar-refractivity contribution in [2.75, 3.05) is 27.3 Å². The average Bonchev–Trinajstić information content (AvgIpc) is 2.94. The van der Waals surface area contributed by atoms with Crippen molar-refractivity contribution in [1.29, 1.82) is 0 Å². The zero-order chi connectivity index (χ0) is 21.4. The summed E-state index contributed by atoms with van der Waals surface area (Å²) in [5.41, 5.74) is 4.68. The van der Waals surface area contributed by atoms with Gasteiger partial charge in [0.25, 0.3) is 0 Å². The lowest BCUT2D eigenvalue weighted by molar-refractivity contribution is 0.399. The number of rotatable bonds is 9. The molecular weight excluding hydrogens is 493 g/mol. The number of aliphatic imine (C=N–C) groups is 1. The van der Waals surface area contributed by atoms with Gasteiger partial charge in [-0.05, 0) is 69.9 Å². The first kappa shape index (κ1) is 26.1. The zero-order valence-electron chi connectivity index (χ0n) is 19.2. The Balaban J connectivity index is 0.00000450. The lowest BCUT2D eigenvalue weighted by Gasteiger charge is -2.18. The lowest BCUT2D eigenvalue weighted by Crippen LogP contribution is -2.43. The third-order valence-corrected chi connectivity index (χ3v) is 5.04. The smallest absolute Gasteiger partial charge is 0.191 e. The van der Waals surface area contributed by atoms with Crippen LogP contribution in [0.5, 0.6) is 11.5 Å². The minimum absolute atomic E-state index is 0. The molecule has 0 aliphatic rings. The SMILES string of the molecule is CCNC(=NCCc1cc(OC)ccc1OC)NC(C)Cc1c(C)nn(C)c1C.I. The number of guanidine groups is 1.